The SMILES string of the molecule is CCC(=O)N1CCCC(Oc2cc(C3=CC4(CCOC4)ON3)ccc2OC(F)F)C1. The normalized spacial score (nSPS) is 26.1. The van der Waals surface area contributed by atoms with Crippen molar-refractivity contribution in [3.05, 3.63) is 29.8 Å². The van der Waals surface area contributed by atoms with Crippen LogP contribution in [-0.4, -0.2) is 55.4 Å². The lowest BCUT2D eigenvalue weighted by atomic mass is 10.0. The van der Waals surface area contributed by atoms with Gasteiger partial charge in [-0.05, 0) is 37.1 Å². The van der Waals surface area contributed by atoms with Crippen molar-refractivity contribution in [2.24, 2.45) is 0 Å². The minimum Gasteiger partial charge on any atom is -0.485 e. The molecule has 3 aliphatic rings. The molecule has 3 heterocycles. The Labute approximate surface area is 173 Å². The third kappa shape index (κ3) is 4.52. The maximum Gasteiger partial charge on any atom is 0.387 e. The predicted molar refractivity (Wildman–Crippen MR) is 104 cm³/mol. The molecule has 0 aromatic heterocycles. The maximum atomic E-state index is 12.9. The Morgan fingerprint density at radius 1 is 1.40 bits per heavy atom. The smallest absolute Gasteiger partial charge is 0.387 e. The Balaban J connectivity index is 1.55. The molecule has 2 unspecified atom stereocenters. The van der Waals surface area contributed by atoms with E-state index in [1.54, 1.807) is 17.0 Å². The lowest BCUT2D eigenvalue weighted by Crippen LogP contribution is -2.44. The quantitative estimate of drug-likeness (QED) is 0.757. The molecule has 9 heteroatoms. The lowest BCUT2D eigenvalue weighted by molar-refractivity contribution is -0.133. The zero-order chi connectivity index (χ0) is 21.1. The van der Waals surface area contributed by atoms with Crippen molar-refractivity contribution in [2.75, 3.05) is 26.3 Å². The Kier molecular flexibility index (Phi) is 6.10. The van der Waals surface area contributed by atoms with E-state index in [4.69, 9.17) is 14.3 Å². The highest BCUT2D eigenvalue weighted by atomic mass is 19.3. The van der Waals surface area contributed by atoms with Crippen LogP contribution in [0.2, 0.25) is 0 Å². The molecule has 1 aromatic rings. The fourth-order valence-corrected chi connectivity index (χ4v) is 4.00. The van der Waals surface area contributed by atoms with Gasteiger partial charge in [0.25, 0.3) is 0 Å². The first-order valence-corrected chi connectivity index (χ1v) is 10.3. The van der Waals surface area contributed by atoms with E-state index < -0.39 is 12.2 Å². The molecule has 0 saturated carbocycles. The molecule has 1 spiro atoms. The van der Waals surface area contributed by atoms with Crippen LogP contribution in [0.15, 0.2) is 24.3 Å². The maximum absolute atomic E-state index is 12.9. The van der Waals surface area contributed by atoms with Crippen LogP contribution in [-0.2, 0) is 14.4 Å². The number of benzene rings is 1. The lowest BCUT2D eigenvalue weighted by Gasteiger charge is -2.33. The highest BCUT2D eigenvalue weighted by molar-refractivity contribution is 5.76. The molecule has 7 nitrogen and oxygen atoms in total. The van der Waals surface area contributed by atoms with Gasteiger partial charge in [0.05, 0.1) is 18.8 Å². The molecule has 30 heavy (non-hydrogen) atoms. The van der Waals surface area contributed by atoms with Gasteiger partial charge in [-0.2, -0.15) is 8.78 Å². The van der Waals surface area contributed by atoms with Gasteiger partial charge in [-0.15, -0.1) is 0 Å². The number of amides is 1. The Hall–Kier alpha value is -2.39. The third-order valence-electron chi connectivity index (χ3n) is 5.59. The molecule has 1 aromatic carbocycles. The zero-order valence-corrected chi connectivity index (χ0v) is 16.9. The van der Waals surface area contributed by atoms with Gasteiger partial charge in [0.2, 0.25) is 5.91 Å². The predicted octanol–water partition coefficient (Wildman–Crippen LogP) is 3.10. The van der Waals surface area contributed by atoms with E-state index in [0.29, 0.717) is 32.7 Å². The minimum absolute atomic E-state index is 0.0360. The number of carbonyl (C=O) groups excluding carboxylic acids is 1. The molecule has 2 fully saturated rings. The van der Waals surface area contributed by atoms with Crippen molar-refractivity contribution >= 4 is 11.6 Å². The second kappa shape index (κ2) is 8.77. The van der Waals surface area contributed by atoms with E-state index in [1.807, 2.05) is 13.0 Å². The molecular formula is C21H26F2N2O5. The number of rotatable bonds is 6. The van der Waals surface area contributed by atoms with Crippen LogP contribution in [0.5, 0.6) is 11.5 Å². The largest absolute Gasteiger partial charge is 0.485 e. The monoisotopic (exact) mass is 424 g/mol. The fourth-order valence-electron chi connectivity index (χ4n) is 4.00. The average Bonchev–Trinajstić information content (AvgIpc) is 3.38. The van der Waals surface area contributed by atoms with Crippen molar-refractivity contribution in [3.8, 4) is 11.5 Å². The number of nitrogens with zero attached hydrogens (tertiary/aromatic N) is 1. The number of alkyl halides is 2. The van der Waals surface area contributed by atoms with Gasteiger partial charge in [-0.1, -0.05) is 6.92 Å². The number of ether oxygens (including phenoxy) is 3. The first-order valence-electron chi connectivity index (χ1n) is 10.3. The fraction of sp³-hybridized carbons (Fsp3) is 0.571. The number of hydrogen-bond donors (Lipinski definition) is 1. The van der Waals surface area contributed by atoms with Gasteiger partial charge in [0.15, 0.2) is 11.5 Å². The van der Waals surface area contributed by atoms with E-state index in [2.05, 4.69) is 10.2 Å². The van der Waals surface area contributed by atoms with Crippen LogP contribution in [0.4, 0.5) is 8.78 Å². The van der Waals surface area contributed by atoms with Crippen LogP contribution in [0.25, 0.3) is 5.70 Å². The summed E-state index contributed by atoms with van der Waals surface area (Å²) in [6.45, 7) is 1.05. The van der Waals surface area contributed by atoms with E-state index in [0.717, 1.165) is 30.5 Å². The zero-order valence-electron chi connectivity index (χ0n) is 16.9. The van der Waals surface area contributed by atoms with E-state index in [-0.39, 0.29) is 23.5 Å². The van der Waals surface area contributed by atoms with Crippen LogP contribution in [0.1, 0.15) is 38.2 Å². The number of carbonyl (C=O) groups is 1. The van der Waals surface area contributed by atoms with Crippen molar-refractivity contribution in [3.63, 3.8) is 0 Å². The van der Waals surface area contributed by atoms with E-state index in [9.17, 15) is 13.6 Å². The summed E-state index contributed by atoms with van der Waals surface area (Å²) in [7, 11) is 0. The molecule has 0 radical (unpaired) electrons. The summed E-state index contributed by atoms with van der Waals surface area (Å²) in [5, 5.41) is 0. The van der Waals surface area contributed by atoms with Crippen molar-refractivity contribution < 1.29 is 32.6 Å². The standard InChI is InChI=1S/C21H26F2N2O5/c1-2-19(26)25-8-3-4-15(12-25)28-18-10-14(5-6-17(18)29-20(22)23)16-11-21(30-24-16)7-9-27-13-21/h5-6,10-11,15,20,24H,2-4,7-9,12-13H2,1H3. The number of hydroxylamine groups is 1. The van der Waals surface area contributed by atoms with Crippen molar-refractivity contribution in [1.29, 1.82) is 0 Å². The number of halogens is 2. The summed E-state index contributed by atoms with van der Waals surface area (Å²) >= 11 is 0. The molecule has 1 N–H and O–H groups in total. The number of likely N-dealkylation sites (tertiary alicyclic amines) is 1. The Morgan fingerprint density at radius 2 is 2.27 bits per heavy atom. The topological polar surface area (TPSA) is 69.3 Å². The van der Waals surface area contributed by atoms with Gasteiger partial charge in [0, 0.05) is 31.6 Å². The van der Waals surface area contributed by atoms with Crippen LogP contribution >= 0.6 is 0 Å². The summed E-state index contributed by atoms with van der Waals surface area (Å²) in [4.78, 5) is 19.5. The van der Waals surface area contributed by atoms with E-state index in [1.165, 1.54) is 6.07 Å². The Bertz CT molecular complexity index is 811. The van der Waals surface area contributed by atoms with E-state index >= 15 is 0 Å². The summed E-state index contributed by atoms with van der Waals surface area (Å²) in [5.41, 5.74) is 3.86. The third-order valence-corrected chi connectivity index (χ3v) is 5.59. The van der Waals surface area contributed by atoms with Gasteiger partial charge >= 0.3 is 6.61 Å². The molecule has 1 amide bonds. The summed E-state index contributed by atoms with van der Waals surface area (Å²) in [5.74, 6) is 0.240. The van der Waals surface area contributed by atoms with Crippen LogP contribution in [0, 0.1) is 0 Å². The molecule has 0 bridgehead atoms. The highest BCUT2D eigenvalue weighted by Crippen LogP contribution is 2.37. The minimum atomic E-state index is -2.96. The molecule has 164 valence electrons. The molecule has 0 aliphatic carbocycles. The van der Waals surface area contributed by atoms with Gasteiger partial charge < -0.3 is 19.1 Å². The Morgan fingerprint density at radius 3 is 3.00 bits per heavy atom. The van der Waals surface area contributed by atoms with Gasteiger partial charge in [-0.3, -0.25) is 15.1 Å². The molecule has 3 aliphatic heterocycles. The van der Waals surface area contributed by atoms with Crippen LogP contribution in [0.3, 0.4) is 0 Å². The summed E-state index contributed by atoms with van der Waals surface area (Å²) < 4.78 is 42.0. The van der Waals surface area contributed by atoms with Crippen molar-refractivity contribution in [2.45, 2.75) is 50.9 Å². The van der Waals surface area contributed by atoms with Gasteiger partial charge in [0.1, 0.15) is 11.7 Å². The highest BCUT2D eigenvalue weighted by Gasteiger charge is 2.39. The average molecular weight is 424 g/mol. The second-order valence-electron chi connectivity index (χ2n) is 7.74. The van der Waals surface area contributed by atoms with Gasteiger partial charge in [-0.25, -0.2) is 0 Å². The van der Waals surface area contributed by atoms with Crippen LogP contribution < -0.4 is 15.0 Å². The molecular weight excluding hydrogens is 398 g/mol. The molecule has 2 saturated heterocycles. The summed E-state index contributed by atoms with van der Waals surface area (Å²) in [6, 6.07) is 4.80. The second-order valence-corrected chi connectivity index (χ2v) is 7.74. The number of nitrogens with one attached hydrogen (secondary N) is 1. The van der Waals surface area contributed by atoms with Crippen molar-refractivity contribution in [1.82, 2.24) is 10.4 Å². The first kappa shape index (κ1) is 20.9. The number of piperidine rings is 1. The summed E-state index contributed by atoms with van der Waals surface area (Å²) in [6.07, 6.45) is 4.35. The molecule has 4 rings (SSSR count). The first-order chi connectivity index (χ1) is 14.5. The number of hydrogen-bond acceptors (Lipinski definition) is 6. The molecule has 2 atom stereocenters.